The molecule has 0 radical (unpaired) electrons. The van der Waals surface area contributed by atoms with E-state index in [-0.39, 0.29) is 5.69 Å². The molecule has 21 heavy (non-hydrogen) atoms. The molecule has 1 heterocycles. The average Bonchev–Trinajstić information content (AvgIpc) is 2.49. The number of rotatable bonds is 6. The van der Waals surface area contributed by atoms with Gasteiger partial charge in [0.2, 0.25) is 0 Å². The van der Waals surface area contributed by atoms with Crippen LogP contribution < -0.4 is 9.47 Å². The van der Waals surface area contributed by atoms with Gasteiger partial charge in [0.05, 0.1) is 13.2 Å². The lowest BCUT2D eigenvalue weighted by Gasteiger charge is -2.12. The number of hydrogen-bond acceptors (Lipinski definition) is 4. The first-order valence-corrected chi connectivity index (χ1v) is 6.75. The molecule has 1 N–H and O–H groups in total. The van der Waals surface area contributed by atoms with Crippen LogP contribution in [0.2, 0.25) is 0 Å². The molecule has 2 aromatic rings. The summed E-state index contributed by atoms with van der Waals surface area (Å²) >= 11 is 0. The van der Waals surface area contributed by atoms with E-state index in [1.165, 1.54) is 12.3 Å². The van der Waals surface area contributed by atoms with E-state index in [0.717, 1.165) is 11.1 Å². The zero-order valence-corrected chi connectivity index (χ0v) is 12.0. The fourth-order valence-electron chi connectivity index (χ4n) is 1.92. The first-order chi connectivity index (χ1) is 10.2. The molecular formula is C16H17NO4. The number of carboxylic acid groups (broad SMARTS) is 1. The first-order valence-electron chi connectivity index (χ1n) is 6.75. The van der Waals surface area contributed by atoms with Gasteiger partial charge in [-0.15, -0.1) is 0 Å². The summed E-state index contributed by atoms with van der Waals surface area (Å²) < 4.78 is 11.1. The van der Waals surface area contributed by atoms with Crippen LogP contribution in [-0.2, 0) is 0 Å². The Labute approximate surface area is 123 Å². The molecule has 0 fully saturated rings. The minimum absolute atomic E-state index is 0.0229. The highest BCUT2D eigenvalue weighted by Crippen LogP contribution is 2.32. The standard InChI is InChI=1S/C16H17NO4/c1-3-20-14-8-6-11(9-15(14)21-4-2)12-5-7-13(16(18)19)17-10-12/h5-10H,3-4H2,1-2H3,(H,18,19). The Bertz CT molecular complexity index is 623. The summed E-state index contributed by atoms with van der Waals surface area (Å²) in [7, 11) is 0. The van der Waals surface area contributed by atoms with Crippen molar-refractivity contribution in [3.63, 3.8) is 0 Å². The fourth-order valence-corrected chi connectivity index (χ4v) is 1.92. The molecule has 0 bridgehead atoms. The van der Waals surface area contributed by atoms with Crippen LogP contribution in [-0.4, -0.2) is 29.3 Å². The van der Waals surface area contributed by atoms with Gasteiger partial charge in [-0.3, -0.25) is 0 Å². The molecule has 0 amide bonds. The van der Waals surface area contributed by atoms with Gasteiger partial charge in [0.1, 0.15) is 5.69 Å². The topological polar surface area (TPSA) is 68.7 Å². The van der Waals surface area contributed by atoms with Gasteiger partial charge >= 0.3 is 5.97 Å². The third-order valence-electron chi connectivity index (χ3n) is 2.86. The summed E-state index contributed by atoms with van der Waals surface area (Å²) in [6.07, 6.45) is 1.54. The summed E-state index contributed by atoms with van der Waals surface area (Å²) in [5, 5.41) is 8.86. The molecule has 1 aromatic carbocycles. The molecule has 5 heteroatoms. The fraction of sp³-hybridized carbons (Fsp3) is 0.250. The Kier molecular flexibility index (Phi) is 4.77. The molecule has 0 saturated carbocycles. The minimum atomic E-state index is -1.04. The lowest BCUT2D eigenvalue weighted by molar-refractivity contribution is 0.0690. The van der Waals surface area contributed by atoms with Crippen LogP contribution in [0, 0.1) is 0 Å². The molecule has 0 atom stereocenters. The van der Waals surface area contributed by atoms with Crippen LogP contribution in [0.1, 0.15) is 24.3 Å². The quantitative estimate of drug-likeness (QED) is 0.883. The van der Waals surface area contributed by atoms with Gasteiger partial charge in [-0.2, -0.15) is 0 Å². The van der Waals surface area contributed by atoms with Crippen LogP contribution in [0.15, 0.2) is 36.5 Å². The number of carboxylic acids is 1. The monoisotopic (exact) mass is 287 g/mol. The second-order valence-corrected chi connectivity index (χ2v) is 4.26. The summed E-state index contributed by atoms with van der Waals surface area (Å²) in [5.74, 6) is 0.320. The molecule has 0 aliphatic heterocycles. The van der Waals surface area contributed by atoms with Gasteiger partial charge in [-0.25, -0.2) is 9.78 Å². The second-order valence-electron chi connectivity index (χ2n) is 4.26. The number of aromatic carboxylic acids is 1. The van der Waals surface area contributed by atoms with E-state index >= 15 is 0 Å². The molecule has 5 nitrogen and oxygen atoms in total. The van der Waals surface area contributed by atoms with Gasteiger partial charge in [0, 0.05) is 11.8 Å². The lowest BCUT2D eigenvalue weighted by atomic mass is 10.1. The predicted molar refractivity (Wildman–Crippen MR) is 79.0 cm³/mol. The summed E-state index contributed by atoms with van der Waals surface area (Å²) in [4.78, 5) is 14.7. The molecule has 2 rings (SSSR count). The van der Waals surface area contributed by atoms with Crippen molar-refractivity contribution in [1.82, 2.24) is 4.98 Å². The number of carbonyl (C=O) groups is 1. The van der Waals surface area contributed by atoms with Crippen molar-refractivity contribution < 1.29 is 19.4 Å². The zero-order valence-electron chi connectivity index (χ0n) is 12.0. The maximum Gasteiger partial charge on any atom is 0.354 e. The Morgan fingerprint density at radius 2 is 1.71 bits per heavy atom. The highest BCUT2D eigenvalue weighted by Gasteiger charge is 2.09. The van der Waals surface area contributed by atoms with Crippen LogP contribution in [0.3, 0.4) is 0 Å². The van der Waals surface area contributed by atoms with Crippen molar-refractivity contribution in [1.29, 1.82) is 0 Å². The summed E-state index contributed by atoms with van der Waals surface area (Å²) in [5.41, 5.74) is 1.74. The molecule has 0 saturated heterocycles. The number of ether oxygens (including phenoxy) is 2. The maximum absolute atomic E-state index is 10.8. The van der Waals surface area contributed by atoms with E-state index < -0.39 is 5.97 Å². The predicted octanol–water partition coefficient (Wildman–Crippen LogP) is 3.24. The summed E-state index contributed by atoms with van der Waals surface area (Å²) in [6.45, 7) is 4.93. The van der Waals surface area contributed by atoms with E-state index in [1.54, 1.807) is 6.07 Å². The third-order valence-corrected chi connectivity index (χ3v) is 2.86. The van der Waals surface area contributed by atoms with Crippen molar-refractivity contribution in [3.8, 4) is 22.6 Å². The van der Waals surface area contributed by atoms with Crippen molar-refractivity contribution >= 4 is 5.97 Å². The number of benzene rings is 1. The molecule has 0 unspecified atom stereocenters. The van der Waals surface area contributed by atoms with Crippen LogP contribution in [0.5, 0.6) is 11.5 Å². The van der Waals surface area contributed by atoms with E-state index in [1.807, 2.05) is 32.0 Å². The van der Waals surface area contributed by atoms with E-state index in [4.69, 9.17) is 14.6 Å². The van der Waals surface area contributed by atoms with Crippen molar-refractivity contribution in [2.24, 2.45) is 0 Å². The zero-order chi connectivity index (χ0) is 15.2. The number of hydrogen-bond donors (Lipinski definition) is 1. The van der Waals surface area contributed by atoms with Gasteiger partial charge in [-0.05, 0) is 37.6 Å². The largest absolute Gasteiger partial charge is 0.490 e. The van der Waals surface area contributed by atoms with Crippen LogP contribution in [0.25, 0.3) is 11.1 Å². The molecule has 0 spiro atoms. The SMILES string of the molecule is CCOc1ccc(-c2ccc(C(=O)O)nc2)cc1OCC. The molecule has 110 valence electrons. The smallest absolute Gasteiger partial charge is 0.354 e. The number of pyridine rings is 1. The lowest BCUT2D eigenvalue weighted by Crippen LogP contribution is -2.00. The van der Waals surface area contributed by atoms with Crippen molar-refractivity contribution in [2.45, 2.75) is 13.8 Å². The normalized spacial score (nSPS) is 10.2. The van der Waals surface area contributed by atoms with Gasteiger partial charge in [0.15, 0.2) is 11.5 Å². The van der Waals surface area contributed by atoms with E-state index in [9.17, 15) is 4.79 Å². The molecule has 0 aliphatic carbocycles. The van der Waals surface area contributed by atoms with Crippen LogP contribution in [0.4, 0.5) is 0 Å². The summed E-state index contributed by atoms with van der Waals surface area (Å²) in [6, 6.07) is 8.81. The van der Waals surface area contributed by atoms with Crippen molar-refractivity contribution in [3.05, 3.63) is 42.2 Å². The van der Waals surface area contributed by atoms with Crippen molar-refractivity contribution in [2.75, 3.05) is 13.2 Å². The molecule has 0 aliphatic rings. The Hall–Kier alpha value is -2.56. The second kappa shape index (κ2) is 6.74. The highest BCUT2D eigenvalue weighted by atomic mass is 16.5. The number of nitrogens with zero attached hydrogens (tertiary/aromatic N) is 1. The molecular weight excluding hydrogens is 270 g/mol. The number of aromatic nitrogens is 1. The van der Waals surface area contributed by atoms with E-state index in [2.05, 4.69) is 4.98 Å². The van der Waals surface area contributed by atoms with E-state index in [0.29, 0.717) is 24.7 Å². The maximum atomic E-state index is 10.8. The van der Waals surface area contributed by atoms with Gasteiger partial charge in [0.25, 0.3) is 0 Å². The first kappa shape index (κ1) is 14.8. The average molecular weight is 287 g/mol. The highest BCUT2D eigenvalue weighted by molar-refractivity contribution is 5.85. The Balaban J connectivity index is 2.34. The van der Waals surface area contributed by atoms with Crippen LogP contribution >= 0.6 is 0 Å². The van der Waals surface area contributed by atoms with Gasteiger partial charge in [-0.1, -0.05) is 12.1 Å². The van der Waals surface area contributed by atoms with Gasteiger partial charge < -0.3 is 14.6 Å². The Morgan fingerprint density at radius 3 is 2.29 bits per heavy atom. The molecule has 1 aromatic heterocycles. The minimum Gasteiger partial charge on any atom is -0.490 e. The third kappa shape index (κ3) is 3.51. The Morgan fingerprint density at radius 1 is 1.05 bits per heavy atom.